The molecule has 0 fully saturated rings. The van der Waals surface area contributed by atoms with E-state index in [-0.39, 0.29) is 0 Å². The molecule has 0 bridgehead atoms. The van der Waals surface area contributed by atoms with Gasteiger partial charge in [-0.05, 0) is 111 Å². The fraction of sp³-hybridized carbons (Fsp3) is 0.318. The molecule has 0 radical (unpaired) electrons. The van der Waals surface area contributed by atoms with Gasteiger partial charge in [-0.3, -0.25) is 0 Å². The van der Waals surface area contributed by atoms with Gasteiger partial charge in [0.2, 0.25) is 0 Å². The first-order valence-electron chi connectivity index (χ1n) is 18.3. The molecule has 0 heterocycles. The molecule has 0 aliphatic heterocycles. The molecule has 5 aromatic carbocycles. The van der Waals surface area contributed by atoms with Crippen LogP contribution in [0.25, 0.3) is 0 Å². The topological polar surface area (TPSA) is 86.4 Å². The van der Waals surface area contributed by atoms with E-state index in [1.54, 1.807) is 0 Å². The van der Waals surface area contributed by atoms with Crippen molar-refractivity contribution >= 4 is 22.7 Å². The Kier molecular flexibility index (Phi) is 14.8. The first-order chi connectivity index (χ1) is 25.5. The third-order valence-corrected chi connectivity index (χ3v) is 8.58. The zero-order valence-electron chi connectivity index (χ0n) is 30.9. The first-order valence-corrected chi connectivity index (χ1v) is 18.3. The lowest BCUT2D eigenvalue weighted by atomic mass is 10.2. The van der Waals surface area contributed by atoms with Crippen LogP contribution < -0.4 is 18.9 Å². The third kappa shape index (κ3) is 11.8. The summed E-state index contributed by atoms with van der Waals surface area (Å²) in [4.78, 5) is 0. The summed E-state index contributed by atoms with van der Waals surface area (Å²) in [6, 6.07) is 35.3. The Morgan fingerprint density at radius 3 is 1.21 bits per heavy atom. The molecule has 0 aliphatic rings. The molecule has 8 heteroatoms. The summed E-state index contributed by atoms with van der Waals surface area (Å²) in [7, 11) is 0. The average molecular weight is 699 g/mol. The van der Waals surface area contributed by atoms with Crippen LogP contribution in [0, 0.1) is 13.8 Å². The number of benzene rings is 5. The molecule has 0 atom stereocenters. The SMILES string of the molecule is CCCCCOc1ccc(COc2cccc(N=Nc3ccc(N=Nc4cccc(OCc5ccc(OCCCCC)cc5)c4C)cc3)c2C)cc1. The van der Waals surface area contributed by atoms with Crippen LogP contribution in [0.3, 0.4) is 0 Å². The smallest absolute Gasteiger partial charge is 0.124 e. The third-order valence-electron chi connectivity index (χ3n) is 8.58. The maximum Gasteiger partial charge on any atom is 0.124 e. The van der Waals surface area contributed by atoms with Gasteiger partial charge in [0.25, 0.3) is 0 Å². The minimum absolute atomic E-state index is 0.453. The van der Waals surface area contributed by atoms with E-state index in [1.807, 2.05) is 123 Å². The summed E-state index contributed by atoms with van der Waals surface area (Å²) >= 11 is 0. The normalized spacial score (nSPS) is 11.3. The standard InChI is InChI=1S/C44H50N4O4/c1-5-7-9-29-49-39-25-17-35(18-26-39)31-51-43-15-11-13-41(33(43)3)47-45-37-21-23-38(24-22-37)46-48-42-14-12-16-44(34(42)4)52-32-36-19-27-40(28-20-36)50-30-10-8-6-2/h11-28H,5-10,29-32H2,1-4H3. The fourth-order valence-corrected chi connectivity index (χ4v) is 5.31. The van der Waals surface area contributed by atoms with Crippen molar-refractivity contribution in [3.8, 4) is 23.0 Å². The molecular formula is C44H50N4O4. The molecule has 0 saturated carbocycles. The number of rotatable bonds is 20. The fourth-order valence-electron chi connectivity index (χ4n) is 5.31. The summed E-state index contributed by atoms with van der Waals surface area (Å²) in [5.41, 5.74) is 6.92. The predicted octanol–water partition coefficient (Wildman–Crippen LogP) is 13.4. The molecule has 52 heavy (non-hydrogen) atoms. The van der Waals surface area contributed by atoms with E-state index in [9.17, 15) is 0 Å². The lowest BCUT2D eigenvalue weighted by molar-refractivity contribution is 0.300. The van der Waals surface area contributed by atoms with Crippen molar-refractivity contribution in [1.29, 1.82) is 0 Å². The summed E-state index contributed by atoms with van der Waals surface area (Å²) in [5, 5.41) is 17.9. The molecule has 5 rings (SSSR count). The monoisotopic (exact) mass is 698 g/mol. The van der Waals surface area contributed by atoms with Gasteiger partial charge in [0.15, 0.2) is 0 Å². The van der Waals surface area contributed by atoms with Crippen molar-refractivity contribution < 1.29 is 18.9 Å². The van der Waals surface area contributed by atoms with E-state index < -0.39 is 0 Å². The Morgan fingerprint density at radius 2 is 0.827 bits per heavy atom. The van der Waals surface area contributed by atoms with Gasteiger partial charge in [-0.25, -0.2) is 0 Å². The highest BCUT2D eigenvalue weighted by molar-refractivity contribution is 5.55. The Balaban J connectivity index is 1.11. The molecule has 0 aliphatic carbocycles. The summed E-state index contributed by atoms with van der Waals surface area (Å²) in [6.07, 6.45) is 6.89. The molecular weight excluding hydrogens is 649 g/mol. The van der Waals surface area contributed by atoms with Gasteiger partial charge in [-0.2, -0.15) is 20.5 Å². The largest absolute Gasteiger partial charge is 0.494 e. The van der Waals surface area contributed by atoms with Gasteiger partial charge < -0.3 is 18.9 Å². The molecule has 0 amide bonds. The second-order valence-electron chi connectivity index (χ2n) is 12.7. The molecule has 0 saturated heterocycles. The molecule has 5 aromatic rings. The van der Waals surface area contributed by atoms with Gasteiger partial charge in [0.1, 0.15) is 36.2 Å². The van der Waals surface area contributed by atoms with E-state index in [2.05, 4.69) is 34.3 Å². The second-order valence-corrected chi connectivity index (χ2v) is 12.7. The molecule has 270 valence electrons. The van der Waals surface area contributed by atoms with E-state index >= 15 is 0 Å². The van der Waals surface area contributed by atoms with Crippen molar-refractivity contribution in [1.82, 2.24) is 0 Å². The van der Waals surface area contributed by atoms with Crippen LogP contribution in [-0.4, -0.2) is 13.2 Å². The summed E-state index contributed by atoms with van der Waals surface area (Å²) in [6.45, 7) is 10.8. The lowest BCUT2D eigenvalue weighted by Crippen LogP contribution is -1.99. The van der Waals surface area contributed by atoms with E-state index in [0.717, 1.165) is 82.7 Å². The minimum Gasteiger partial charge on any atom is -0.494 e. The molecule has 0 unspecified atom stereocenters. The number of ether oxygens (including phenoxy) is 4. The van der Waals surface area contributed by atoms with Gasteiger partial charge in [-0.1, -0.05) is 75.9 Å². The average Bonchev–Trinajstić information content (AvgIpc) is 3.18. The zero-order valence-corrected chi connectivity index (χ0v) is 30.9. The highest BCUT2D eigenvalue weighted by Crippen LogP contribution is 2.32. The van der Waals surface area contributed by atoms with Crippen molar-refractivity contribution in [2.75, 3.05) is 13.2 Å². The molecule has 0 spiro atoms. The molecule has 0 aromatic heterocycles. The number of hydrogen-bond donors (Lipinski definition) is 0. The van der Waals surface area contributed by atoms with Crippen molar-refractivity contribution in [3.63, 3.8) is 0 Å². The number of nitrogens with zero attached hydrogens (tertiary/aromatic N) is 4. The lowest BCUT2D eigenvalue weighted by Gasteiger charge is -2.11. The first kappa shape index (κ1) is 37.7. The summed E-state index contributed by atoms with van der Waals surface area (Å²) < 4.78 is 23.9. The molecule has 8 nitrogen and oxygen atoms in total. The minimum atomic E-state index is 0.453. The van der Waals surface area contributed by atoms with Crippen molar-refractivity contribution in [2.24, 2.45) is 20.5 Å². The van der Waals surface area contributed by atoms with Crippen molar-refractivity contribution in [2.45, 2.75) is 79.4 Å². The van der Waals surface area contributed by atoms with Crippen LogP contribution in [0.1, 0.15) is 74.6 Å². The Hall–Kier alpha value is -5.50. The van der Waals surface area contributed by atoms with Crippen LogP contribution in [0.2, 0.25) is 0 Å². The van der Waals surface area contributed by atoms with Gasteiger partial charge in [0.05, 0.1) is 36.0 Å². The maximum atomic E-state index is 6.14. The Bertz CT molecular complexity index is 1730. The Labute approximate surface area is 308 Å². The second kappa shape index (κ2) is 20.4. The highest BCUT2D eigenvalue weighted by Gasteiger charge is 2.08. The van der Waals surface area contributed by atoms with Crippen LogP contribution in [-0.2, 0) is 13.2 Å². The van der Waals surface area contributed by atoms with E-state index in [0.29, 0.717) is 24.6 Å². The summed E-state index contributed by atoms with van der Waals surface area (Å²) in [5.74, 6) is 3.32. The number of hydrogen-bond acceptors (Lipinski definition) is 8. The van der Waals surface area contributed by atoms with Gasteiger partial charge in [0, 0.05) is 11.1 Å². The van der Waals surface area contributed by atoms with Crippen molar-refractivity contribution in [3.05, 3.63) is 131 Å². The van der Waals surface area contributed by atoms with E-state index in [4.69, 9.17) is 18.9 Å². The molecule has 0 N–H and O–H groups in total. The van der Waals surface area contributed by atoms with Gasteiger partial charge in [-0.15, -0.1) is 0 Å². The predicted molar refractivity (Wildman–Crippen MR) is 209 cm³/mol. The number of azo groups is 2. The highest BCUT2D eigenvalue weighted by atomic mass is 16.5. The van der Waals surface area contributed by atoms with E-state index in [1.165, 1.54) is 25.7 Å². The maximum absolute atomic E-state index is 6.14. The number of unbranched alkanes of at least 4 members (excludes halogenated alkanes) is 4. The van der Waals surface area contributed by atoms with Crippen LogP contribution in [0.5, 0.6) is 23.0 Å². The van der Waals surface area contributed by atoms with Gasteiger partial charge >= 0.3 is 0 Å². The van der Waals surface area contributed by atoms with Crippen LogP contribution >= 0.6 is 0 Å². The van der Waals surface area contributed by atoms with Crippen LogP contribution in [0.15, 0.2) is 130 Å². The zero-order chi connectivity index (χ0) is 36.4. The van der Waals surface area contributed by atoms with Crippen LogP contribution in [0.4, 0.5) is 22.7 Å². The quantitative estimate of drug-likeness (QED) is 0.0598. The Morgan fingerprint density at radius 1 is 0.423 bits per heavy atom.